The summed E-state index contributed by atoms with van der Waals surface area (Å²) in [5.41, 5.74) is 15.4. The fourth-order valence-electron chi connectivity index (χ4n) is 4.06. The fraction of sp³-hybridized carbons (Fsp3) is 0.300. The number of nitrogens with zero attached hydrogens (tertiary/aromatic N) is 2. The first-order valence-electron chi connectivity index (χ1n) is 8.53. The normalized spacial score (nSPS) is 22.0. The standard InChI is InChI=1S/C20H21FN4/c1-11-6-7-14(21)9-15(11)16-8-13-5-3-4-12(2)18(13)19-17(16)10-23-20(22)25-24-19/h3-7,9,16-17H,8,10H2,1-2H3,(H3,22,23,25). The molecule has 0 aromatic heterocycles. The van der Waals surface area contributed by atoms with Crippen molar-refractivity contribution >= 4 is 11.7 Å². The van der Waals surface area contributed by atoms with Crippen molar-refractivity contribution in [3.63, 3.8) is 0 Å². The predicted molar refractivity (Wildman–Crippen MR) is 98.4 cm³/mol. The molecule has 1 heterocycles. The zero-order valence-corrected chi connectivity index (χ0v) is 14.4. The molecule has 0 spiro atoms. The fourth-order valence-corrected chi connectivity index (χ4v) is 4.06. The Hall–Kier alpha value is -2.69. The number of guanidine groups is 1. The summed E-state index contributed by atoms with van der Waals surface area (Å²) in [4.78, 5) is 4.41. The van der Waals surface area contributed by atoms with E-state index < -0.39 is 0 Å². The highest BCUT2D eigenvalue weighted by molar-refractivity contribution is 6.07. The Kier molecular flexibility index (Phi) is 3.79. The second-order valence-electron chi connectivity index (χ2n) is 6.86. The minimum absolute atomic E-state index is 0.0719. The number of benzene rings is 2. The number of aliphatic imine (C=N–C) groups is 1. The predicted octanol–water partition coefficient (Wildman–Crippen LogP) is 3.02. The average molecular weight is 336 g/mol. The summed E-state index contributed by atoms with van der Waals surface area (Å²) in [6.45, 7) is 4.68. The van der Waals surface area contributed by atoms with Crippen LogP contribution in [0.4, 0.5) is 4.39 Å². The molecule has 128 valence electrons. The highest BCUT2D eigenvalue weighted by Gasteiger charge is 2.37. The molecule has 25 heavy (non-hydrogen) atoms. The van der Waals surface area contributed by atoms with Gasteiger partial charge in [-0.3, -0.25) is 4.99 Å². The highest BCUT2D eigenvalue weighted by Crippen LogP contribution is 2.40. The van der Waals surface area contributed by atoms with Gasteiger partial charge >= 0.3 is 0 Å². The van der Waals surface area contributed by atoms with E-state index in [4.69, 9.17) is 5.73 Å². The molecule has 1 aliphatic heterocycles. The first-order valence-corrected chi connectivity index (χ1v) is 8.53. The first kappa shape index (κ1) is 15.8. The summed E-state index contributed by atoms with van der Waals surface area (Å²) in [5, 5.41) is 4.57. The summed E-state index contributed by atoms with van der Waals surface area (Å²) in [6.07, 6.45) is 0.848. The third-order valence-electron chi connectivity index (χ3n) is 5.28. The van der Waals surface area contributed by atoms with Gasteiger partial charge in [-0.15, -0.1) is 0 Å². The van der Waals surface area contributed by atoms with E-state index in [0.29, 0.717) is 12.5 Å². The molecule has 2 atom stereocenters. The van der Waals surface area contributed by atoms with Crippen molar-refractivity contribution in [3.05, 3.63) is 70.0 Å². The van der Waals surface area contributed by atoms with Gasteiger partial charge in [0.15, 0.2) is 0 Å². The number of hydrazone groups is 1. The quantitative estimate of drug-likeness (QED) is 0.841. The van der Waals surface area contributed by atoms with Crippen molar-refractivity contribution in [1.29, 1.82) is 0 Å². The average Bonchev–Trinajstić information content (AvgIpc) is 2.79. The van der Waals surface area contributed by atoms with Crippen molar-refractivity contribution < 1.29 is 4.39 Å². The third kappa shape index (κ3) is 2.69. The summed E-state index contributed by atoms with van der Waals surface area (Å²) in [5.74, 6) is 0.318. The summed E-state index contributed by atoms with van der Waals surface area (Å²) in [7, 11) is 0. The number of hydrogen-bond acceptors (Lipinski definition) is 4. The largest absolute Gasteiger partial charge is 0.369 e. The van der Waals surface area contributed by atoms with Crippen LogP contribution < -0.4 is 11.2 Å². The van der Waals surface area contributed by atoms with Crippen molar-refractivity contribution in [2.75, 3.05) is 6.54 Å². The van der Waals surface area contributed by atoms with Crippen LogP contribution in [-0.4, -0.2) is 18.2 Å². The van der Waals surface area contributed by atoms with Crippen LogP contribution in [0.1, 0.15) is 33.7 Å². The van der Waals surface area contributed by atoms with Gasteiger partial charge in [-0.05, 0) is 60.6 Å². The lowest BCUT2D eigenvalue weighted by Crippen LogP contribution is -2.34. The molecular formula is C20H21FN4. The van der Waals surface area contributed by atoms with E-state index in [1.165, 1.54) is 22.8 Å². The summed E-state index contributed by atoms with van der Waals surface area (Å²) < 4.78 is 13.9. The van der Waals surface area contributed by atoms with Crippen molar-refractivity contribution in [3.8, 4) is 0 Å². The lowest BCUT2D eigenvalue weighted by Gasteiger charge is -2.34. The van der Waals surface area contributed by atoms with Crippen LogP contribution in [0.5, 0.6) is 0 Å². The van der Waals surface area contributed by atoms with Gasteiger partial charge in [0.1, 0.15) is 5.82 Å². The van der Waals surface area contributed by atoms with E-state index in [-0.39, 0.29) is 17.7 Å². The van der Waals surface area contributed by atoms with Crippen molar-refractivity contribution in [2.45, 2.75) is 26.2 Å². The Morgan fingerprint density at radius 3 is 2.80 bits per heavy atom. The maximum Gasteiger partial charge on any atom is 0.209 e. The van der Waals surface area contributed by atoms with Crippen LogP contribution in [-0.2, 0) is 6.42 Å². The molecule has 0 saturated carbocycles. The van der Waals surface area contributed by atoms with Gasteiger partial charge in [-0.2, -0.15) is 5.10 Å². The Balaban J connectivity index is 1.90. The van der Waals surface area contributed by atoms with Gasteiger partial charge in [-0.25, -0.2) is 9.82 Å². The SMILES string of the molecule is Cc1ccc(F)cc1C1Cc2cccc(C)c2C2=NNC(N)=NCC21. The number of hydrogen-bond donors (Lipinski definition) is 2. The van der Waals surface area contributed by atoms with Gasteiger partial charge in [0.05, 0.1) is 12.3 Å². The van der Waals surface area contributed by atoms with Crippen molar-refractivity contribution in [2.24, 2.45) is 21.7 Å². The Morgan fingerprint density at radius 1 is 1.12 bits per heavy atom. The summed E-state index contributed by atoms with van der Waals surface area (Å²) in [6, 6.07) is 11.3. The zero-order chi connectivity index (χ0) is 17.6. The number of nitrogens with two attached hydrogens (primary N) is 1. The Labute approximate surface area is 146 Å². The minimum Gasteiger partial charge on any atom is -0.369 e. The molecule has 0 saturated heterocycles. The zero-order valence-electron chi connectivity index (χ0n) is 14.4. The molecule has 3 N–H and O–H groups in total. The van der Waals surface area contributed by atoms with Gasteiger partial charge in [-0.1, -0.05) is 24.3 Å². The Bertz CT molecular complexity index is 901. The lowest BCUT2D eigenvalue weighted by atomic mass is 9.69. The topological polar surface area (TPSA) is 62.8 Å². The van der Waals surface area contributed by atoms with Gasteiger partial charge < -0.3 is 5.73 Å². The Morgan fingerprint density at radius 2 is 1.96 bits per heavy atom. The molecule has 2 unspecified atom stereocenters. The van der Waals surface area contributed by atoms with Gasteiger partial charge in [0.2, 0.25) is 5.96 Å². The van der Waals surface area contributed by atoms with Crippen LogP contribution in [0, 0.1) is 25.6 Å². The monoisotopic (exact) mass is 336 g/mol. The second-order valence-corrected chi connectivity index (χ2v) is 6.86. The van der Waals surface area contributed by atoms with E-state index in [2.05, 4.69) is 40.6 Å². The van der Waals surface area contributed by atoms with Crippen LogP contribution in [0.2, 0.25) is 0 Å². The van der Waals surface area contributed by atoms with Crippen molar-refractivity contribution in [1.82, 2.24) is 5.43 Å². The van der Waals surface area contributed by atoms with Gasteiger partial charge in [0, 0.05) is 11.5 Å². The summed E-state index contributed by atoms with van der Waals surface area (Å²) >= 11 is 0. The number of rotatable bonds is 1. The molecule has 0 radical (unpaired) electrons. The van der Waals surface area contributed by atoms with E-state index in [9.17, 15) is 4.39 Å². The second kappa shape index (κ2) is 5.99. The highest BCUT2D eigenvalue weighted by atomic mass is 19.1. The smallest absolute Gasteiger partial charge is 0.209 e. The molecular weight excluding hydrogens is 315 g/mol. The molecule has 1 aliphatic carbocycles. The number of halogens is 1. The number of aryl methyl sites for hydroxylation is 2. The van der Waals surface area contributed by atoms with E-state index in [1.54, 1.807) is 6.07 Å². The molecule has 2 aliphatic rings. The molecule has 2 aromatic rings. The van der Waals surface area contributed by atoms with Gasteiger partial charge in [0.25, 0.3) is 0 Å². The molecule has 0 amide bonds. The van der Waals surface area contributed by atoms with Crippen LogP contribution >= 0.6 is 0 Å². The van der Waals surface area contributed by atoms with E-state index in [0.717, 1.165) is 23.3 Å². The molecule has 4 nitrogen and oxygen atoms in total. The van der Waals surface area contributed by atoms with Crippen LogP contribution in [0.25, 0.3) is 0 Å². The first-order chi connectivity index (χ1) is 12.0. The number of nitrogens with one attached hydrogen (secondary N) is 1. The van der Waals surface area contributed by atoms with E-state index >= 15 is 0 Å². The maximum atomic E-state index is 13.9. The number of fused-ring (bicyclic) bond motifs is 3. The maximum absolute atomic E-state index is 13.9. The molecule has 0 fully saturated rings. The molecule has 5 heteroatoms. The molecule has 0 bridgehead atoms. The minimum atomic E-state index is -0.205. The molecule has 4 rings (SSSR count). The molecule has 2 aromatic carbocycles. The van der Waals surface area contributed by atoms with Crippen LogP contribution in [0.3, 0.4) is 0 Å². The lowest BCUT2D eigenvalue weighted by molar-refractivity contribution is 0.521. The third-order valence-corrected chi connectivity index (χ3v) is 5.28. The van der Waals surface area contributed by atoms with Crippen LogP contribution in [0.15, 0.2) is 46.5 Å². The van der Waals surface area contributed by atoms with E-state index in [1.807, 2.05) is 13.0 Å².